The number of ether oxygens (including phenoxy) is 1. The largest absolute Gasteiger partial charge is 0.370 e. The van der Waals surface area contributed by atoms with Crippen LogP contribution in [0.15, 0.2) is 30.7 Å². The van der Waals surface area contributed by atoms with Crippen molar-refractivity contribution in [3.63, 3.8) is 0 Å². The number of aromatic nitrogens is 5. The molecule has 1 saturated heterocycles. The predicted octanol–water partition coefficient (Wildman–Crippen LogP) is 1.71. The Balaban J connectivity index is 1.65. The zero-order valence-corrected chi connectivity index (χ0v) is 12.6. The van der Waals surface area contributed by atoms with Gasteiger partial charge >= 0.3 is 0 Å². The van der Waals surface area contributed by atoms with Crippen LogP contribution in [0.1, 0.15) is 23.9 Å². The first-order valence-corrected chi connectivity index (χ1v) is 7.39. The monoisotopic (exact) mass is 298 g/mol. The zero-order chi connectivity index (χ0) is 15.1. The van der Waals surface area contributed by atoms with Crippen molar-refractivity contribution in [3.05, 3.63) is 42.1 Å². The Morgan fingerprint density at radius 3 is 3.09 bits per heavy atom. The fourth-order valence-corrected chi connectivity index (χ4v) is 3.02. The maximum atomic E-state index is 5.91. The van der Waals surface area contributed by atoms with Gasteiger partial charge in [-0.05, 0) is 25.5 Å². The lowest BCUT2D eigenvalue weighted by Gasteiger charge is -2.20. The SMILES string of the molecule is Cc1cc2c(N[C@H]3CCO[C@@H]3c3ccnn3C)nccn2n1. The van der Waals surface area contributed by atoms with Crippen LogP contribution >= 0.6 is 0 Å². The summed E-state index contributed by atoms with van der Waals surface area (Å²) in [6, 6.07) is 4.20. The molecule has 3 aromatic rings. The van der Waals surface area contributed by atoms with Gasteiger partial charge in [0, 0.05) is 32.2 Å². The van der Waals surface area contributed by atoms with Gasteiger partial charge in [0.05, 0.1) is 17.4 Å². The number of anilines is 1. The topological polar surface area (TPSA) is 69.3 Å². The highest BCUT2D eigenvalue weighted by Crippen LogP contribution is 2.31. The van der Waals surface area contributed by atoms with Gasteiger partial charge < -0.3 is 10.1 Å². The highest BCUT2D eigenvalue weighted by atomic mass is 16.5. The third-order valence-corrected chi connectivity index (χ3v) is 4.08. The Labute approximate surface area is 127 Å². The van der Waals surface area contributed by atoms with Crippen LogP contribution in [0.5, 0.6) is 0 Å². The molecule has 7 nitrogen and oxygen atoms in total. The first-order chi connectivity index (χ1) is 10.7. The first kappa shape index (κ1) is 13.3. The van der Waals surface area contributed by atoms with E-state index in [1.54, 1.807) is 12.4 Å². The third kappa shape index (κ3) is 2.14. The van der Waals surface area contributed by atoms with Crippen LogP contribution in [0.3, 0.4) is 0 Å². The molecular formula is C15H18N6O. The van der Waals surface area contributed by atoms with Crippen LogP contribution < -0.4 is 5.32 Å². The van der Waals surface area contributed by atoms with E-state index < -0.39 is 0 Å². The molecule has 1 aliphatic heterocycles. The summed E-state index contributed by atoms with van der Waals surface area (Å²) in [7, 11) is 1.94. The Bertz CT molecular complexity index is 807. The summed E-state index contributed by atoms with van der Waals surface area (Å²) in [5, 5.41) is 12.2. The van der Waals surface area contributed by atoms with Gasteiger partial charge in [0.15, 0.2) is 5.82 Å². The molecule has 1 N–H and O–H groups in total. The van der Waals surface area contributed by atoms with Gasteiger partial charge in [0.1, 0.15) is 11.6 Å². The Hall–Kier alpha value is -2.41. The second-order valence-electron chi connectivity index (χ2n) is 5.60. The molecule has 0 amide bonds. The van der Waals surface area contributed by atoms with E-state index in [1.165, 1.54) is 0 Å². The summed E-state index contributed by atoms with van der Waals surface area (Å²) in [5.74, 6) is 0.839. The van der Waals surface area contributed by atoms with Crippen molar-refractivity contribution in [2.24, 2.45) is 7.05 Å². The summed E-state index contributed by atoms with van der Waals surface area (Å²) >= 11 is 0. The lowest BCUT2D eigenvalue weighted by molar-refractivity contribution is 0.101. The van der Waals surface area contributed by atoms with Crippen molar-refractivity contribution in [1.29, 1.82) is 0 Å². The number of hydrogen-bond acceptors (Lipinski definition) is 5. The quantitative estimate of drug-likeness (QED) is 0.797. The second kappa shape index (κ2) is 5.10. The van der Waals surface area contributed by atoms with Crippen molar-refractivity contribution in [2.75, 3.05) is 11.9 Å². The van der Waals surface area contributed by atoms with Crippen LogP contribution in [0.2, 0.25) is 0 Å². The van der Waals surface area contributed by atoms with E-state index in [4.69, 9.17) is 4.74 Å². The molecule has 4 rings (SSSR count). The Morgan fingerprint density at radius 1 is 1.36 bits per heavy atom. The zero-order valence-electron chi connectivity index (χ0n) is 12.6. The van der Waals surface area contributed by atoms with Crippen LogP contribution in [-0.2, 0) is 11.8 Å². The molecule has 0 aliphatic carbocycles. The molecule has 4 heterocycles. The summed E-state index contributed by atoms with van der Waals surface area (Å²) in [6.07, 6.45) is 6.34. The van der Waals surface area contributed by atoms with Crippen LogP contribution in [0.25, 0.3) is 5.52 Å². The fourth-order valence-electron chi connectivity index (χ4n) is 3.02. The minimum atomic E-state index is -0.0152. The molecule has 2 atom stereocenters. The van der Waals surface area contributed by atoms with E-state index in [-0.39, 0.29) is 12.1 Å². The van der Waals surface area contributed by atoms with Gasteiger partial charge in [0.2, 0.25) is 0 Å². The van der Waals surface area contributed by atoms with Gasteiger partial charge in [0.25, 0.3) is 0 Å². The Kier molecular flexibility index (Phi) is 3.07. The smallest absolute Gasteiger partial charge is 0.152 e. The summed E-state index contributed by atoms with van der Waals surface area (Å²) < 4.78 is 9.62. The van der Waals surface area contributed by atoms with Gasteiger partial charge in [-0.15, -0.1) is 0 Å². The molecule has 0 radical (unpaired) electrons. The van der Waals surface area contributed by atoms with Crippen molar-refractivity contribution in [2.45, 2.75) is 25.5 Å². The van der Waals surface area contributed by atoms with E-state index in [2.05, 4.69) is 20.5 Å². The highest BCUT2D eigenvalue weighted by molar-refractivity contribution is 5.68. The minimum absolute atomic E-state index is 0.0152. The van der Waals surface area contributed by atoms with Crippen molar-refractivity contribution < 1.29 is 4.74 Å². The molecule has 3 aromatic heterocycles. The molecule has 0 unspecified atom stereocenters. The van der Waals surface area contributed by atoms with Crippen molar-refractivity contribution >= 4 is 11.3 Å². The summed E-state index contributed by atoms with van der Waals surface area (Å²) in [4.78, 5) is 4.47. The third-order valence-electron chi connectivity index (χ3n) is 4.08. The molecule has 1 aliphatic rings. The standard InChI is InChI=1S/C15H18N6O/c1-10-9-13-15(16-6-7-21(13)19-10)18-11-4-8-22-14(11)12-3-5-17-20(12)2/h3,5-7,9,11,14H,4,8H2,1-2H3,(H,16,18)/t11-,14-/m0/s1. The second-order valence-corrected chi connectivity index (χ2v) is 5.60. The molecule has 114 valence electrons. The number of fused-ring (bicyclic) bond motifs is 1. The van der Waals surface area contributed by atoms with E-state index in [0.29, 0.717) is 0 Å². The summed E-state index contributed by atoms with van der Waals surface area (Å²) in [6.45, 7) is 2.71. The highest BCUT2D eigenvalue weighted by Gasteiger charge is 2.32. The van der Waals surface area contributed by atoms with Crippen LogP contribution in [0, 0.1) is 6.92 Å². The number of aryl methyl sites for hydroxylation is 2. The molecular weight excluding hydrogens is 280 g/mol. The average molecular weight is 298 g/mol. The number of nitrogens with zero attached hydrogens (tertiary/aromatic N) is 5. The van der Waals surface area contributed by atoms with Crippen LogP contribution in [0.4, 0.5) is 5.82 Å². The molecule has 1 fully saturated rings. The Morgan fingerprint density at radius 2 is 2.27 bits per heavy atom. The molecule has 7 heteroatoms. The van der Waals surface area contributed by atoms with Gasteiger partial charge in [-0.2, -0.15) is 10.2 Å². The first-order valence-electron chi connectivity index (χ1n) is 7.39. The van der Waals surface area contributed by atoms with E-state index in [0.717, 1.165) is 35.8 Å². The predicted molar refractivity (Wildman–Crippen MR) is 81.7 cm³/mol. The number of nitrogens with one attached hydrogen (secondary N) is 1. The lowest BCUT2D eigenvalue weighted by Crippen LogP contribution is -2.25. The summed E-state index contributed by atoms with van der Waals surface area (Å²) in [5.41, 5.74) is 3.03. The normalized spacial score (nSPS) is 21.5. The van der Waals surface area contributed by atoms with E-state index >= 15 is 0 Å². The van der Waals surface area contributed by atoms with E-state index in [1.807, 2.05) is 41.5 Å². The molecule has 0 spiro atoms. The van der Waals surface area contributed by atoms with Crippen molar-refractivity contribution in [3.8, 4) is 0 Å². The fraction of sp³-hybridized carbons (Fsp3) is 0.400. The minimum Gasteiger partial charge on any atom is -0.370 e. The number of hydrogen-bond donors (Lipinski definition) is 1. The molecule has 0 bridgehead atoms. The lowest BCUT2D eigenvalue weighted by atomic mass is 10.1. The molecule has 0 aromatic carbocycles. The van der Waals surface area contributed by atoms with Gasteiger partial charge in [-0.3, -0.25) is 4.68 Å². The molecule has 22 heavy (non-hydrogen) atoms. The van der Waals surface area contributed by atoms with Gasteiger partial charge in [-0.1, -0.05) is 0 Å². The average Bonchev–Trinajstić information content (AvgIpc) is 3.18. The van der Waals surface area contributed by atoms with E-state index in [9.17, 15) is 0 Å². The van der Waals surface area contributed by atoms with Gasteiger partial charge in [-0.25, -0.2) is 9.50 Å². The number of rotatable bonds is 3. The maximum absolute atomic E-state index is 5.91. The van der Waals surface area contributed by atoms with Crippen molar-refractivity contribution in [1.82, 2.24) is 24.4 Å². The maximum Gasteiger partial charge on any atom is 0.152 e. The van der Waals surface area contributed by atoms with Crippen LogP contribution in [-0.4, -0.2) is 37.0 Å². The molecule has 0 saturated carbocycles.